The van der Waals surface area contributed by atoms with E-state index in [1.54, 1.807) is 0 Å². The number of aromatic nitrogens is 4. The molecule has 172 valence electrons. The zero-order chi connectivity index (χ0) is 22.8. The Morgan fingerprint density at radius 3 is 2.48 bits per heavy atom. The smallest absolute Gasteiger partial charge is 0.257 e. The van der Waals surface area contributed by atoms with Crippen molar-refractivity contribution in [3.8, 4) is 11.5 Å². The molecule has 7 nitrogen and oxygen atoms in total. The second kappa shape index (κ2) is 9.35. The minimum absolute atomic E-state index is 0.371. The average Bonchev–Trinajstić information content (AvgIpc) is 3.42. The monoisotopic (exact) mass is 444 g/mol. The van der Waals surface area contributed by atoms with Gasteiger partial charge in [0.25, 0.3) is 5.89 Å². The van der Waals surface area contributed by atoms with Crippen molar-refractivity contribution in [1.29, 1.82) is 0 Å². The van der Waals surface area contributed by atoms with Gasteiger partial charge in [0.1, 0.15) is 0 Å². The fourth-order valence-corrected chi connectivity index (χ4v) is 4.67. The molecular weight excluding hydrogens is 412 g/mol. The molecule has 4 aromatic rings. The van der Waals surface area contributed by atoms with Crippen LogP contribution in [0.25, 0.3) is 22.5 Å². The van der Waals surface area contributed by atoms with E-state index in [4.69, 9.17) is 9.51 Å². The molecule has 1 N–H and O–H groups in total. The van der Waals surface area contributed by atoms with Crippen LogP contribution >= 0.6 is 0 Å². The number of benzene rings is 2. The molecule has 1 saturated heterocycles. The summed E-state index contributed by atoms with van der Waals surface area (Å²) < 4.78 is 7.57. The first-order chi connectivity index (χ1) is 16.1. The molecule has 0 aliphatic carbocycles. The summed E-state index contributed by atoms with van der Waals surface area (Å²) in [6.45, 7) is 9.57. The summed E-state index contributed by atoms with van der Waals surface area (Å²) in [6.07, 6.45) is 3.32. The van der Waals surface area contributed by atoms with Gasteiger partial charge in [0.05, 0.1) is 11.0 Å². The zero-order valence-electron chi connectivity index (χ0n) is 19.7. The van der Waals surface area contributed by atoms with Gasteiger partial charge < -0.3 is 19.3 Å². The van der Waals surface area contributed by atoms with E-state index in [1.165, 1.54) is 11.1 Å². The maximum atomic E-state index is 5.25. The first kappa shape index (κ1) is 21.6. The summed E-state index contributed by atoms with van der Waals surface area (Å²) in [4.78, 5) is 11.7. The van der Waals surface area contributed by atoms with Crippen LogP contribution in [-0.2, 0) is 6.42 Å². The molecule has 0 amide bonds. The lowest BCUT2D eigenvalue weighted by Gasteiger charge is -2.32. The molecule has 2 aromatic heterocycles. The molecular formula is C26H32N6O. The van der Waals surface area contributed by atoms with E-state index >= 15 is 0 Å². The largest absolute Gasteiger partial charge is 0.353 e. The zero-order valence-corrected chi connectivity index (χ0v) is 19.7. The highest BCUT2D eigenvalue weighted by Crippen LogP contribution is 2.26. The van der Waals surface area contributed by atoms with E-state index in [9.17, 15) is 0 Å². The minimum Gasteiger partial charge on any atom is -0.353 e. The summed E-state index contributed by atoms with van der Waals surface area (Å²) in [5.74, 6) is 2.24. The molecule has 1 fully saturated rings. The Kier molecular flexibility index (Phi) is 6.13. The number of hydrogen-bond acceptors (Lipinski definition) is 6. The van der Waals surface area contributed by atoms with Crippen LogP contribution < -0.4 is 5.32 Å². The van der Waals surface area contributed by atoms with Gasteiger partial charge >= 0.3 is 0 Å². The summed E-state index contributed by atoms with van der Waals surface area (Å²) in [7, 11) is 0. The predicted molar refractivity (Wildman–Crippen MR) is 131 cm³/mol. The predicted octanol–water partition coefficient (Wildman–Crippen LogP) is 5.09. The van der Waals surface area contributed by atoms with Crippen LogP contribution in [0.4, 0.5) is 5.95 Å². The van der Waals surface area contributed by atoms with Crippen molar-refractivity contribution < 1.29 is 4.52 Å². The Morgan fingerprint density at radius 1 is 1.03 bits per heavy atom. The highest BCUT2D eigenvalue weighted by atomic mass is 16.5. The molecule has 0 radical (unpaired) electrons. The molecule has 2 aromatic carbocycles. The van der Waals surface area contributed by atoms with Gasteiger partial charge in [-0.05, 0) is 69.9 Å². The highest BCUT2D eigenvalue weighted by molar-refractivity contribution is 5.78. The van der Waals surface area contributed by atoms with Crippen molar-refractivity contribution in [3.63, 3.8) is 0 Å². The molecule has 1 aliphatic rings. The molecule has 3 heterocycles. The molecule has 0 unspecified atom stereocenters. The van der Waals surface area contributed by atoms with Crippen LogP contribution in [0, 0.1) is 6.92 Å². The fourth-order valence-electron chi connectivity index (χ4n) is 4.67. The van der Waals surface area contributed by atoms with Crippen molar-refractivity contribution in [2.24, 2.45) is 0 Å². The van der Waals surface area contributed by atoms with Gasteiger partial charge in [0, 0.05) is 37.3 Å². The van der Waals surface area contributed by atoms with Crippen molar-refractivity contribution in [2.45, 2.75) is 52.1 Å². The first-order valence-corrected chi connectivity index (χ1v) is 11.9. The first-order valence-electron chi connectivity index (χ1n) is 11.9. The number of anilines is 1. The van der Waals surface area contributed by atoms with E-state index < -0.39 is 0 Å². The van der Waals surface area contributed by atoms with Crippen molar-refractivity contribution in [3.05, 3.63) is 59.9 Å². The Bertz CT molecular complexity index is 1200. The van der Waals surface area contributed by atoms with Gasteiger partial charge in [-0.1, -0.05) is 29.4 Å². The second-order valence-corrected chi connectivity index (χ2v) is 9.24. The number of piperidine rings is 1. The molecule has 0 bridgehead atoms. The number of fused-ring (bicyclic) bond motifs is 1. The van der Waals surface area contributed by atoms with Crippen molar-refractivity contribution >= 4 is 17.0 Å². The van der Waals surface area contributed by atoms with Crippen molar-refractivity contribution in [2.75, 3.05) is 25.0 Å². The molecule has 5 rings (SSSR count). The Hall–Kier alpha value is -3.19. The third-order valence-electron chi connectivity index (χ3n) is 6.48. The average molecular weight is 445 g/mol. The number of nitrogens with one attached hydrogen (secondary N) is 1. The normalized spacial score (nSPS) is 15.5. The maximum absolute atomic E-state index is 5.25. The second-order valence-electron chi connectivity index (χ2n) is 9.24. The summed E-state index contributed by atoms with van der Waals surface area (Å²) >= 11 is 0. The molecule has 0 spiro atoms. The van der Waals surface area contributed by atoms with Gasteiger partial charge in [-0.3, -0.25) is 0 Å². The van der Waals surface area contributed by atoms with Crippen LogP contribution in [0.1, 0.15) is 44.1 Å². The van der Waals surface area contributed by atoms with Gasteiger partial charge in [-0.15, -0.1) is 0 Å². The molecule has 0 saturated carbocycles. The third kappa shape index (κ3) is 4.78. The standard InChI is InChI=1S/C26H32N6O/c1-18(2)32-24-7-5-4-6-23(24)29-26(32)28-22-13-16-31(17-14-22)15-12-20-8-10-21(11-9-20)25-27-19(3)30-33-25/h4-11,18,22H,12-17H2,1-3H3,(H,28,29). The summed E-state index contributed by atoms with van der Waals surface area (Å²) in [5.41, 5.74) is 4.57. The maximum Gasteiger partial charge on any atom is 0.257 e. The van der Waals surface area contributed by atoms with Crippen LogP contribution in [0.2, 0.25) is 0 Å². The highest BCUT2D eigenvalue weighted by Gasteiger charge is 2.22. The van der Waals surface area contributed by atoms with Crippen molar-refractivity contribution in [1.82, 2.24) is 24.6 Å². The Morgan fingerprint density at radius 2 is 1.79 bits per heavy atom. The van der Waals surface area contributed by atoms with Gasteiger partial charge in [0.2, 0.25) is 5.95 Å². The molecule has 1 aliphatic heterocycles. The molecule has 0 atom stereocenters. The number of rotatable bonds is 7. The number of para-hydroxylation sites is 2. The number of nitrogens with zero attached hydrogens (tertiary/aromatic N) is 5. The van der Waals surface area contributed by atoms with E-state index in [0.717, 1.165) is 55.9 Å². The van der Waals surface area contributed by atoms with Crippen LogP contribution in [0.3, 0.4) is 0 Å². The number of aryl methyl sites for hydroxylation is 1. The van der Waals surface area contributed by atoms with Crippen LogP contribution in [0.5, 0.6) is 0 Å². The SMILES string of the molecule is Cc1noc(-c2ccc(CCN3CCC(Nc4nc5ccccc5n4C(C)C)CC3)cc2)n1. The summed E-state index contributed by atoms with van der Waals surface area (Å²) in [5, 5.41) is 7.61. The minimum atomic E-state index is 0.371. The van der Waals surface area contributed by atoms with Crippen LogP contribution in [-0.4, -0.2) is 50.3 Å². The Balaban J connectivity index is 1.14. The van der Waals surface area contributed by atoms with Gasteiger partial charge in [-0.2, -0.15) is 4.98 Å². The lowest BCUT2D eigenvalue weighted by atomic mass is 10.0. The number of hydrogen-bond donors (Lipinski definition) is 1. The van der Waals surface area contributed by atoms with E-state index in [2.05, 4.69) is 87.3 Å². The molecule has 7 heteroatoms. The topological polar surface area (TPSA) is 72.0 Å². The summed E-state index contributed by atoms with van der Waals surface area (Å²) in [6, 6.07) is 17.7. The molecule has 33 heavy (non-hydrogen) atoms. The Labute approximate surface area is 194 Å². The number of imidazole rings is 1. The number of likely N-dealkylation sites (tertiary alicyclic amines) is 1. The van der Waals surface area contributed by atoms with E-state index in [1.807, 2.05) is 6.92 Å². The lowest BCUT2D eigenvalue weighted by Crippen LogP contribution is -2.40. The third-order valence-corrected chi connectivity index (χ3v) is 6.48. The quantitative estimate of drug-likeness (QED) is 0.428. The van der Waals surface area contributed by atoms with E-state index in [-0.39, 0.29) is 0 Å². The van der Waals surface area contributed by atoms with Crippen LogP contribution in [0.15, 0.2) is 53.1 Å². The lowest BCUT2D eigenvalue weighted by molar-refractivity contribution is 0.221. The van der Waals surface area contributed by atoms with Gasteiger partial charge in [-0.25, -0.2) is 4.98 Å². The fraction of sp³-hybridized carbons (Fsp3) is 0.423. The van der Waals surface area contributed by atoms with Gasteiger partial charge in [0.15, 0.2) is 5.82 Å². The van der Waals surface area contributed by atoms with E-state index in [0.29, 0.717) is 23.8 Å².